The molecule has 13 heteroatoms. The van der Waals surface area contributed by atoms with E-state index in [1.807, 2.05) is 4.90 Å². The Morgan fingerprint density at radius 1 is 1.17 bits per heavy atom. The molecule has 0 amide bonds. The Kier molecular flexibility index (Phi) is 7.93. The number of fused-ring (bicyclic) bond motifs is 1. The Hall–Kier alpha value is -3.87. The van der Waals surface area contributed by atoms with Gasteiger partial charge in [0.05, 0.1) is 42.0 Å². The quantitative estimate of drug-likeness (QED) is 0.297. The van der Waals surface area contributed by atoms with E-state index in [2.05, 4.69) is 26.4 Å². The van der Waals surface area contributed by atoms with Crippen LogP contribution in [0.3, 0.4) is 0 Å². The van der Waals surface area contributed by atoms with E-state index < -0.39 is 17.6 Å². The molecule has 0 radical (unpaired) electrons. The number of carboxylic acid groups (broad SMARTS) is 1. The van der Waals surface area contributed by atoms with E-state index in [0.29, 0.717) is 32.7 Å². The van der Waals surface area contributed by atoms with Crippen LogP contribution in [0.2, 0.25) is 5.02 Å². The van der Waals surface area contributed by atoms with Gasteiger partial charge in [0, 0.05) is 42.9 Å². The third-order valence-corrected chi connectivity index (χ3v) is 7.97. The number of hydrogen-bond donors (Lipinski definition) is 1. The predicted octanol–water partition coefficient (Wildman–Crippen LogP) is 4.53. The molecule has 0 spiro atoms. The summed E-state index contributed by atoms with van der Waals surface area (Å²) < 4.78 is 42.3. The number of ether oxygens (including phenoxy) is 2. The van der Waals surface area contributed by atoms with Gasteiger partial charge in [-0.05, 0) is 43.7 Å². The lowest BCUT2D eigenvalue weighted by atomic mass is 10.1. The van der Waals surface area contributed by atoms with Crippen molar-refractivity contribution in [3.63, 3.8) is 0 Å². The highest BCUT2D eigenvalue weighted by Crippen LogP contribution is 2.27. The van der Waals surface area contributed by atoms with Crippen LogP contribution in [0.15, 0.2) is 42.6 Å². The van der Waals surface area contributed by atoms with Crippen LogP contribution < -0.4 is 9.64 Å². The molecule has 2 fully saturated rings. The van der Waals surface area contributed by atoms with Crippen molar-refractivity contribution in [2.75, 3.05) is 31.1 Å². The minimum absolute atomic E-state index is 0.0171. The van der Waals surface area contributed by atoms with Crippen LogP contribution >= 0.6 is 11.6 Å². The van der Waals surface area contributed by atoms with Gasteiger partial charge in [0.25, 0.3) is 0 Å². The minimum atomic E-state index is -0.988. The zero-order chi connectivity index (χ0) is 29.4. The van der Waals surface area contributed by atoms with Gasteiger partial charge < -0.3 is 24.0 Å². The van der Waals surface area contributed by atoms with Crippen molar-refractivity contribution in [3.05, 3.63) is 76.2 Å². The third-order valence-electron chi connectivity index (χ3n) is 7.74. The molecule has 2 aromatic carbocycles. The molecule has 6 rings (SSSR count). The summed E-state index contributed by atoms with van der Waals surface area (Å²) in [4.78, 5) is 28.7. The first-order chi connectivity index (χ1) is 20.2. The van der Waals surface area contributed by atoms with Crippen molar-refractivity contribution in [3.8, 4) is 6.01 Å². The summed E-state index contributed by atoms with van der Waals surface area (Å²) in [6.07, 6.45) is 2.07. The van der Waals surface area contributed by atoms with E-state index in [1.54, 1.807) is 24.3 Å². The number of hydrogen-bond acceptors (Lipinski definition) is 8. The van der Waals surface area contributed by atoms with Gasteiger partial charge in [-0.25, -0.2) is 23.5 Å². The number of nitrogens with zero attached hydrogens (tertiary/aromatic N) is 6. The average Bonchev–Trinajstić information content (AvgIpc) is 3.28. The van der Waals surface area contributed by atoms with Crippen molar-refractivity contribution < 1.29 is 28.2 Å². The number of piperazine rings is 1. The first-order valence-corrected chi connectivity index (χ1v) is 14.1. The standard InChI is InChI=1S/C29H29ClF2N6O4/c1-17-13-37(27-23(32)12-33-29(35-27)42-16-19-2-4-20(30)11-22(19)31)8-7-36(17)15-26-34-24-5-3-18(28(39)40)10-25(24)38(26)14-21-6-9-41-21/h2-5,10-12,17,21H,6-9,13-16H2,1H3,(H,39,40)/t17-,21-/m0/s1. The van der Waals surface area contributed by atoms with Crippen LogP contribution in [0.1, 0.15) is 35.1 Å². The fraction of sp³-hybridized carbons (Fsp3) is 0.379. The van der Waals surface area contributed by atoms with Gasteiger partial charge in [-0.2, -0.15) is 4.98 Å². The van der Waals surface area contributed by atoms with Gasteiger partial charge in [0.1, 0.15) is 18.2 Å². The van der Waals surface area contributed by atoms with E-state index in [-0.39, 0.29) is 46.7 Å². The van der Waals surface area contributed by atoms with E-state index >= 15 is 0 Å². The van der Waals surface area contributed by atoms with Crippen LogP contribution in [-0.4, -0.2) is 73.9 Å². The fourth-order valence-electron chi connectivity index (χ4n) is 5.28. The monoisotopic (exact) mass is 598 g/mol. The normalized spacial score (nSPS) is 19.2. The van der Waals surface area contributed by atoms with Crippen molar-refractivity contribution in [2.45, 2.75) is 45.2 Å². The van der Waals surface area contributed by atoms with Gasteiger partial charge in [-0.3, -0.25) is 4.90 Å². The highest BCUT2D eigenvalue weighted by atomic mass is 35.5. The number of aromatic nitrogens is 4. The maximum atomic E-state index is 14.8. The molecule has 0 unspecified atom stereocenters. The number of rotatable bonds is 9. The van der Waals surface area contributed by atoms with Crippen molar-refractivity contribution in [1.82, 2.24) is 24.4 Å². The van der Waals surface area contributed by atoms with E-state index in [0.717, 1.165) is 36.1 Å². The molecule has 2 aliphatic rings. The van der Waals surface area contributed by atoms with Crippen molar-refractivity contribution >= 4 is 34.4 Å². The average molecular weight is 599 g/mol. The molecule has 2 aromatic heterocycles. The molecule has 2 saturated heterocycles. The van der Waals surface area contributed by atoms with E-state index in [4.69, 9.17) is 26.1 Å². The molecule has 1 N–H and O–H groups in total. The number of anilines is 1. The second kappa shape index (κ2) is 11.8. The summed E-state index contributed by atoms with van der Waals surface area (Å²) in [7, 11) is 0. The molecule has 0 aliphatic carbocycles. The van der Waals surface area contributed by atoms with Crippen LogP contribution in [-0.2, 0) is 24.4 Å². The van der Waals surface area contributed by atoms with Gasteiger partial charge in [0.2, 0.25) is 0 Å². The number of halogens is 3. The number of benzene rings is 2. The number of aromatic carboxylic acids is 1. The number of imidazole rings is 1. The number of carbonyl (C=O) groups is 1. The van der Waals surface area contributed by atoms with Gasteiger partial charge in [0.15, 0.2) is 11.6 Å². The fourth-order valence-corrected chi connectivity index (χ4v) is 5.44. The molecule has 4 heterocycles. The lowest BCUT2D eigenvalue weighted by Crippen LogP contribution is -2.52. The smallest absolute Gasteiger partial charge is 0.335 e. The van der Waals surface area contributed by atoms with Crippen molar-refractivity contribution in [2.24, 2.45) is 0 Å². The first kappa shape index (κ1) is 28.3. The number of carboxylic acids is 1. The zero-order valence-electron chi connectivity index (χ0n) is 22.8. The lowest BCUT2D eigenvalue weighted by Gasteiger charge is -2.40. The second-order valence-electron chi connectivity index (χ2n) is 10.5. The van der Waals surface area contributed by atoms with Crippen LogP contribution in [0.4, 0.5) is 14.6 Å². The Labute approximate surface area is 245 Å². The Bertz CT molecular complexity index is 1630. The molecule has 4 aromatic rings. The SMILES string of the molecule is C[C@H]1CN(c2nc(OCc3ccc(Cl)cc3F)ncc2F)CCN1Cc1nc2ccc(C(=O)O)cc2n1C[C@@H]1CCO1. The summed E-state index contributed by atoms with van der Waals surface area (Å²) in [6.45, 7) is 5.38. The Morgan fingerprint density at radius 2 is 2.00 bits per heavy atom. The maximum Gasteiger partial charge on any atom is 0.335 e. The topological polar surface area (TPSA) is 106 Å². The summed E-state index contributed by atoms with van der Waals surface area (Å²) in [5.74, 6) is -1.12. The Balaban J connectivity index is 1.16. The lowest BCUT2D eigenvalue weighted by molar-refractivity contribution is -0.0592. The van der Waals surface area contributed by atoms with Gasteiger partial charge >= 0.3 is 12.0 Å². The molecule has 2 atom stereocenters. The molecule has 42 heavy (non-hydrogen) atoms. The maximum absolute atomic E-state index is 14.8. The summed E-state index contributed by atoms with van der Waals surface area (Å²) >= 11 is 5.81. The molecular weight excluding hydrogens is 570 g/mol. The molecule has 2 aliphatic heterocycles. The zero-order valence-corrected chi connectivity index (χ0v) is 23.6. The molecule has 10 nitrogen and oxygen atoms in total. The van der Waals surface area contributed by atoms with Gasteiger partial charge in [-0.15, -0.1) is 0 Å². The van der Waals surface area contributed by atoms with Crippen molar-refractivity contribution in [1.29, 1.82) is 0 Å². The van der Waals surface area contributed by atoms with Crippen LogP contribution in [0, 0.1) is 11.6 Å². The molecule has 0 bridgehead atoms. The molecular formula is C29H29ClF2N6O4. The Morgan fingerprint density at radius 3 is 2.71 bits per heavy atom. The summed E-state index contributed by atoms with van der Waals surface area (Å²) in [5, 5.41) is 9.78. The minimum Gasteiger partial charge on any atom is -0.478 e. The highest BCUT2D eigenvalue weighted by molar-refractivity contribution is 6.30. The highest BCUT2D eigenvalue weighted by Gasteiger charge is 2.29. The van der Waals surface area contributed by atoms with E-state index in [1.165, 1.54) is 12.1 Å². The van der Waals surface area contributed by atoms with E-state index in [9.17, 15) is 18.7 Å². The summed E-state index contributed by atoms with van der Waals surface area (Å²) in [5.41, 5.74) is 1.99. The molecule has 0 saturated carbocycles. The third kappa shape index (κ3) is 5.87. The predicted molar refractivity (Wildman–Crippen MR) is 151 cm³/mol. The largest absolute Gasteiger partial charge is 0.478 e. The molecule has 220 valence electrons. The van der Waals surface area contributed by atoms with Crippen LogP contribution in [0.25, 0.3) is 11.0 Å². The summed E-state index contributed by atoms with van der Waals surface area (Å²) in [6, 6.07) is 9.20. The first-order valence-electron chi connectivity index (χ1n) is 13.7. The van der Waals surface area contributed by atoms with Gasteiger partial charge in [-0.1, -0.05) is 17.7 Å². The van der Waals surface area contributed by atoms with Crippen LogP contribution in [0.5, 0.6) is 6.01 Å². The second-order valence-corrected chi connectivity index (χ2v) is 11.0.